The van der Waals surface area contributed by atoms with E-state index in [-0.39, 0.29) is 0 Å². The normalized spacial score (nSPS) is 21.0. The highest BCUT2D eigenvalue weighted by Crippen LogP contribution is 2.22. The molecule has 0 aromatic carbocycles. The second-order valence-corrected chi connectivity index (χ2v) is 11.9. The maximum atomic E-state index is 5.62. The van der Waals surface area contributed by atoms with Gasteiger partial charge in [0.2, 0.25) is 0 Å². The van der Waals surface area contributed by atoms with E-state index in [1.165, 1.54) is 64.2 Å². The van der Waals surface area contributed by atoms with E-state index in [0.717, 1.165) is 25.0 Å². The van der Waals surface area contributed by atoms with E-state index in [1.807, 2.05) is 0 Å². The second-order valence-electron chi connectivity index (χ2n) is 8.29. The Labute approximate surface area is 162 Å². The van der Waals surface area contributed by atoms with Crippen LogP contribution in [0.15, 0.2) is 4.99 Å². The molecule has 1 N–H and O–H groups in total. The van der Waals surface area contributed by atoms with Crippen LogP contribution in [-0.2, 0) is 8.85 Å². The largest absolute Gasteiger partial charge is 0.398 e. The van der Waals surface area contributed by atoms with Gasteiger partial charge in [-0.2, -0.15) is 0 Å². The third-order valence-electron chi connectivity index (χ3n) is 6.17. The molecule has 2 fully saturated rings. The fourth-order valence-electron chi connectivity index (χ4n) is 4.09. The van der Waals surface area contributed by atoms with Crippen molar-refractivity contribution in [1.82, 2.24) is 10.2 Å². The van der Waals surface area contributed by atoms with Crippen LogP contribution in [0, 0.1) is 0 Å². The SMILES string of the molecule is CO[Si](C)(CCCN(C)C(=NC1CCCCC1)NC1CCCCC1)OC. The highest BCUT2D eigenvalue weighted by atomic mass is 28.4. The van der Waals surface area contributed by atoms with E-state index < -0.39 is 8.56 Å². The van der Waals surface area contributed by atoms with Crippen molar-refractivity contribution in [2.24, 2.45) is 4.99 Å². The number of nitrogens with zero attached hydrogens (tertiary/aromatic N) is 2. The van der Waals surface area contributed by atoms with Crippen LogP contribution < -0.4 is 5.32 Å². The predicted molar refractivity (Wildman–Crippen MR) is 112 cm³/mol. The fraction of sp³-hybridized carbons (Fsp3) is 0.950. The smallest absolute Gasteiger partial charge is 0.334 e. The van der Waals surface area contributed by atoms with Gasteiger partial charge in [0.15, 0.2) is 5.96 Å². The number of hydrogen-bond acceptors (Lipinski definition) is 3. The van der Waals surface area contributed by atoms with E-state index in [0.29, 0.717) is 12.1 Å². The number of nitrogens with one attached hydrogen (secondary N) is 1. The molecule has 5 nitrogen and oxygen atoms in total. The molecule has 0 bridgehead atoms. The van der Waals surface area contributed by atoms with E-state index >= 15 is 0 Å². The van der Waals surface area contributed by atoms with E-state index in [2.05, 4.69) is 23.8 Å². The van der Waals surface area contributed by atoms with Crippen molar-refractivity contribution in [3.8, 4) is 0 Å². The number of hydrogen-bond donors (Lipinski definition) is 1. The zero-order valence-corrected chi connectivity index (χ0v) is 18.6. The summed E-state index contributed by atoms with van der Waals surface area (Å²) in [7, 11) is 3.78. The van der Waals surface area contributed by atoms with Gasteiger partial charge in [-0.3, -0.25) is 0 Å². The minimum atomic E-state index is -1.97. The summed E-state index contributed by atoms with van der Waals surface area (Å²) in [5, 5.41) is 3.80. The molecule has 0 aliphatic heterocycles. The zero-order valence-electron chi connectivity index (χ0n) is 17.6. The molecule has 2 rings (SSSR count). The molecule has 0 saturated heterocycles. The molecule has 2 aliphatic rings. The third-order valence-corrected chi connectivity index (χ3v) is 9.16. The van der Waals surface area contributed by atoms with Crippen LogP contribution in [0.3, 0.4) is 0 Å². The van der Waals surface area contributed by atoms with Crippen LogP contribution >= 0.6 is 0 Å². The molecule has 0 atom stereocenters. The van der Waals surface area contributed by atoms with Gasteiger partial charge >= 0.3 is 8.56 Å². The van der Waals surface area contributed by atoms with Gasteiger partial charge in [0.25, 0.3) is 0 Å². The van der Waals surface area contributed by atoms with Crippen molar-refractivity contribution in [2.75, 3.05) is 27.8 Å². The van der Waals surface area contributed by atoms with Crippen molar-refractivity contribution in [1.29, 1.82) is 0 Å². The van der Waals surface area contributed by atoms with Crippen molar-refractivity contribution >= 4 is 14.5 Å². The molecule has 152 valence electrons. The molecule has 0 unspecified atom stereocenters. The van der Waals surface area contributed by atoms with Crippen LogP contribution in [0.2, 0.25) is 12.6 Å². The standard InChI is InChI=1S/C20H41N3O2Si/c1-23(16-11-17-26(4,24-2)25-3)20(21-18-12-7-5-8-13-18)22-19-14-9-6-10-15-19/h18-19H,5-17H2,1-4H3,(H,21,22). The minimum absolute atomic E-state index is 0.509. The first-order chi connectivity index (χ1) is 12.6. The molecule has 0 aromatic heterocycles. The van der Waals surface area contributed by atoms with E-state index in [4.69, 9.17) is 13.8 Å². The van der Waals surface area contributed by atoms with Gasteiger partial charge in [-0.15, -0.1) is 0 Å². The van der Waals surface area contributed by atoms with Crippen LogP contribution in [0.4, 0.5) is 0 Å². The van der Waals surface area contributed by atoms with Gasteiger partial charge in [0, 0.05) is 33.9 Å². The lowest BCUT2D eigenvalue weighted by Crippen LogP contribution is -2.46. The Hall–Kier alpha value is -0.593. The summed E-state index contributed by atoms with van der Waals surface area (Å²) in [6.45, 7) is 3.14. The van der Waals surface area contributed by atoms with Crippen LogP contribution in [0.25, 0.3) is 0 Å². The molecule has 0 aromatic rings. The average Bonchev–Trinajstić information content (AvgIpc) is 2.69. The van der Waals surface area contributed by atoms with Crippen molar-refractivity contribution in [3.05, 3.63) is 0 Å². The van der Waals surface area contributed by atoms with Gasteiger partial charge in [0.1, 0.15) is 0 Å². The summed E-state index contributed by atoms with van der Waals surface area (Å²) in [6.07, 6.45) is 14.3. The number of guanidine groups is 1. The highest BCUT2D eigenvalue weighted by Gasteiger charge is 2.28. The predicted octanol–water partition coefficient (Wildman–Crippen LogP) is 4.28. The first kappa shape index (κ1) is 21.7. The van der Waals surface area contributed by atoms with E-state index in [9.17, 15) is 0 Å². The maximum absolute atomic E-state index is 5.62. The Bertz CT molecular complexity index is 417. The van der Waals surface area contributed by atoms with Crippen molar-refractivity contribution < 1.29 is 8.85 Å². The lowest BCUT2D eigenvalue weighted by Gasteiger charge is -2.31. The Morgan fingerprint density at radius 1 is 1.00 bits per heavy atom. The lowest BCUT2D eigenvalue weighted by atomic mass is 9.95. The molecule has 0 amide bonds. The Morgan fingerprint density at radius 3 is 2.15 bits per heavy atom. The van der Waals surface area contributed by atoms with Gasteiger partial charge in [0.05, 0.1) is 6.04 Å². The fourth-order valence-corrected chi connectivity index (χ4v) is 5.46. The highest BCUT2D eigenvalue weighted by molar-refractivity contribution is 6.65. The minimum Gasteiger partial charge on any atom is -0.398 e. The Kier molecular flexibility index (Phi) is 9.43. The molecule has 26 heavy (non-hydrogen) atoms. The first-order valence-electron chi connectivity index (χ1n) is 10.7. The van der Waals surface area contributed by atoms with Crippen molar-refractivity contribution in [3.63, 3.8) is 0 Å². The van der Waals surface area contributed by atoms with Crippen LogP contribution in [0.1, 0.15) is 70.6 Å². The molecular weight excluding hydrogens is 342 g/mol. The molecular formula is C20H41N3O2Si. The summed E-state index contributed by atoms with van der Waals surface area (Å²) in [4.78, 5) is 7.50. The summed E-state index contributed by atoms with van der Waals surface area (Å²) in [5.74, 6) is 1.13. The van der Waals surface area contributed by atoms with Crippen LogP contribution in [0.5, 0.6) is 0 Å². The van der Waals surface area contributed by atoms with Gasteiger partial charge < -0.3 is 19.1 Å². The Morgan fingerprint density at radius 2 is 1.58 bits per heavy atom. The summed E-state index contributed by atoms with van der Waals surface area (Å²) >= 11 is 0. The monoisotopic (exact) mass is 383 g/mol. The molecule has 0 spiro atoms. The quantitative estimate of drug-likeness (QED) is 0.386. The zero-order chi connectivity index (χ0) is 18.8. The number of rotatable bonds is 8. The molecule has 6 heteroatoms. The van der Waals surface area contributed by atoms with E-state index in [1.54, 1.807) is 14.2 Å². The summed E-state index contributed by atoms with van der Waals surface area (Å²) < 4.78 is 11.2. The topological polar surface area (TPSA) is 46.1 Å². The van der Waals surface area contributed by atoms with Gasteiger partial charge in [-0.1, -0.05) is 38.5 Å². The third kappa shape index (κ3) is 7.20. The molecule has 0 radical (unpaired) electrons. The lowest BCUT2D eigenvalue weighted by molar-refractivity contribution is 0.247. The molecule has 2 aliphatic carbocycles. The average molecular weight is 384 g/mol. The first-order valence-corrected chi connectivity index (χ1v) is 13.2. The van der Waals surface area contributed by atoms with Gasteiger partial charge in [-0.25, -0.2) is 4.99 Å². The summed E-state index contributed by atoms with van der Waals surface area (Å²) in [5.41, 5.74) is 0. The maximum Gasteiger partial charge on any atom is 0.334 e. The van der Waals surface area contributed by atoms with Crippen molar-refractivity contribution in [2.45, 2.75) is 95.3 Å². The molecule has 2 saturated carbocycles. The van der Waals surface area contributed by atoms with Gasteiger partial charge in [-0.05, 0) is 44.7 Å². The molecule has 0 heterocycles. The summed E-state index contributed by atoms with van der Waals surface area (Å²) in [6, 6.07) is 2.13. The Balaban J connectivity index is 1.93. The number of aliphatic imine (C=N–C) groups is 1. The van der Waals surface area contributed by atoms with Crippen LogP contribution in [-0.4, -0.2) is 59.3 Å². The second kappa shape index (κ2) is 11.3.